The van der Waals surface area contributed by atoms with Crippen molar-refractivity contribution in [2.75, 3.05) is 18.1 Å². The van der Waals surface area contributed by atoms with Crippen LogP contribution in [0.3, 0.4) is 0 Å². The molecule has 1 unspecified atom stereocenters. The van der Waals surface area contributed by atoms with Gasteiger partial charge in [0.2, 0.25) is 5.91 Å². The summed E-state index contributed by atoms with van der Waals surface area (Å²) in [6.45, 7) is 1.34. The molecule has 2 aromatic carbocycles. The van der Waals surface area contributed by atoms with E-state index < -0.39 is 0 Å². The van der Waals surface area contributed by atoms with E-state index in [2.05, 4.69) is 0 Å². The molecule has 0 bridgehead atoms. The minimum absolute atomic E-state index is 0.0201. The average molecular weight is 420 g/mol. The Morgan fingerprint density at radius 2 is 2.00 bits per heavy atom. The summed E-state index contributed by atoms with van der Waals surface area (Å²) in [5, 5.41) is 1.29. The van der Waals surface area contributed by atoms with Crippen molar-refractivity contribution in [1.82, 2.24) is 9.55 Å². The second kappa shape index (κ2) is 8.01. The van der Waals surface area contributed by atoms with E-state index >= 15 is 0 Å². The molecular formula is C23H21N3O3S. The smallest absolute Gasteiger partial charge is 0.248 e. The van der Waals surface area contributed by atoms with Crippen molar-refractivity contribution in [3.63, 3.8) is 0 Å². The van der Waals surface area contributed by atoms with Crippen LogP contribution in [0.2, 0.25) is 0 Å². The van der Waals surface area contributed by atoms with Gasteiger partial charge in [-0.3, -0.25) is 14.5 Å². The molecule has 0 saturated carbocycles. The average Bonchev–Trinajstić information content (AvgIpc) is 3.43. The first-order chi connectivity index (χ1) is 14.7. The van der Waals surface area contributed by atoms with Crippen LogP contribution in [0.25, 0.3) is 21.1 Å². The number of fused-ring (bicyclic) bond motifs is 2. The SMILES string of the molecule is O=C(Cn1ccc(=O)c2ccccc21)N(CC1CCCO1)c1nc2ccccc2s1. The largest absolute Gasteiger partial charge is 0.376 e. The number of hydrogen-bond acceptors (Lipinski definition) is 5. The number of amides is 1. The topological polar surface area (TPSA) is 64.4 Å². The maximum absolute atomic E-state index is 13.4. The molecule has 1 aliphatic rings. The highest BCUT2D eigenvalue weighted by atomic mass is 32.1. The molecule has 0 N–H and O–H groups in total. The second-order valence-corrected chi connectivity index (χ2v) is 8.44. The minimum atomic E-state index is -0.0710. The maximum atomic E-state index is 13.4. The Bertz CT molecular complexity index is 1240. The van der Waals surface area contributed by atoms with Crippen LogP contribution in [0.4, 0.5) is 5.13 Å². The van der Waals surface area contributed by atoms with E-state index in [1.165, 1.54) is 17.4 Å². The second-order valence-electron chi connectivity index (χ2n) is 7.43. The lowest BCUT2D eigenvalue weighted by Crippen LogP contribution is -2.39. The molecule has 1 saturated heterocycles. The Morgan fingerprint density at radius 3 is 2.83 bits per heavy atom. The van der Waals surface area contributed by atoms with Gasteiger partial charge in [0.1, 0.15) is 6.54 Å². The quantitative estimate of drug-likeness (QED) is 0.493. The Labute approximate surface area is 177 Å². The van der Waals surface area contributed by atoms with Crippen molar-refractivity contribution in [3.05, 3.63) is 71.0 Å². The molecule has 5 rings (SSSR count). The molecule has 1 atom stereocenters. The van der Waals surface area contributed by atoms with E-state index in [1.807, 2.05) is 47.0 Å². The number of carbonyl (C=O) groups is 1. The standard InChI is InChI=1S/C23H21N3O3S/c27-20-11-12-25(19-9-3-1-7-17(19)20)15-22(28)26(14-16-6-5-13-29-16)23-24-18-8-2-4-10-21(18)30-23/h1-4,7-12,16H,5-6,13-15H2. The monoisotopic (exact) mass is 419 g/mol. The van der Waals surface area contributed by atoms with Gasteiger partial charge in [-0.05, 0) is 37.1 Å². The minimum Gasteiger partial charge on any atom is -0.376 e. The van der Waals surface area contributed by atoms with Crippen LogP contribution in [0.5, 0.6) is 0 Å². The zero-order valence-electron chi connectivity index (χ0n) is 16.4. The lowest BCUT2D eigenvalue weighted by Gasteiger charge is -2.24. The molecular weight excluding hydrogens is 398 g/mol. The number of para-hydroxylation sites is 2. The van der Waals surface area contributed by atoms with E-state index in [1.54, 1.807) is 17.2 Å². The van der Waals surface area contributed by atoms with Crippen LogP contribution in [-0.4, -0.2) is 34.7 Å². The van der Waals surface area contributed by atoms with Crippen molar-refractivity contribution >= 4 is 43.5 Å². The van der Waals surface area contributed by atoms with Crippen LogP contribution < -0.4 is 10.3 Å². The molecule has 152 valence electrons. The fourth-order valence-corrected chi connectivity index (χ4v) is 4.88. The molecule has 2 aromatic heterocycles. The summed E-state index contributed by atoms with van der Waals surface area (Å²) in [5.74, 6) is -0.0710. The predicted octanol–water partition coefficient (Wildman–Crippen LogP) is 3.82. The van der Waals surface area contributed by atoms with Gasteiger partial charge in [-0.2, -0.15) is 0 Å². The number of rotatable bonds is 5. The van der Waals surface area contributed by atoms with Gasteiger partial charge in [0.15, 0.2) is 10.6 Å². The molecule has 1 amide bonds. The number of ether oxygens (including phenoxy) is 1. The van der Waals surface area contributed by atoms with Crippen molar-refractivity contribution in [1.29, 1.82) is 0 Å². The highest BCUT2D eigenvalue weighted by Gasteiger charge is 2.26. The molecule has 0 spiro atoms. The van der Waals surface area contributed by atoms with Crippen LogP contribution in [0.15, 0.2) is 65.6 Å². The number of hydrogen-bond donors (Lipinski definition) is 0. The van der Waals surface area contributed by atoms with E-state index in [0.717, 1.165) is 35.2 Å². The van der Waals surface area contributed by atoms with Crippen LogP contribution >= 0.6 is 11.3 Å². The number of anilines is 1. The highest BCUT2D eigenvalue weighted by Crippen LogP contribution is 2.30. The van der Waals surface area contributed by atoms with Gasteiger partial charge in [0.05, 0.1) is 28.4 Å². The third kappa shape index (κ3) is 3.62. The molecule has 3 heterocycles. The van der Waals surface area contributed by atoms with Crippen molar-refractivity contribution in [3.8, 4) is 0 Å². The molecule has 6 nitrogen and oxygen atoms in total. The summed E-state index contributed by atoms with van der Waals surface area (Å²) in [6.07, 6.45) is 3.66. The zero-order valence-corrected chi connectivity index (χ0v) is 17.2. The Kier molecular flexibility index (Phi) is 5.06. The molecule has 1 aliphatic heterocycles. The van der Waals surface area contributed by atoms with E-state index in [0.29, 0.717) is 17.1 Å². The molecule has 7 heteroatoms. The van der Waals surface area contributed by atoms with Gasteiger partial charge in [-0.1, -0.05) is 35.6 Å². The molecule has 4 aromatic rings. The lowest BCUT2D eigenvalue weighted by atomic mass is 10.2. The fraction of sp³-hybridized carbons (Fsp3) is 0.261. The van der Waals surface area contributed by atoms with E-state index in [9.17, 15) is 9.59 Å². The summed E-state index contributed by atoms with van der Waals surface area (Å²) >= 11 is 1.51. The first kappa shape index (κ1) is 19.0. The van der Waals surface area contributed by atoms with E-state index in [4.69, 9.17) is 9.72 Å². The van der Waals surface area contributed by atoms with Gasteiger partial charge in [0, 0.05) is 24.3 Å². The molecule has 0 radical (unpaired) electrons. The van der Waals surface area contributed by atoms with Crippen molar-refractivity contribution in [2.24, 2.45) is 0 Å². The Balaban J connectivity index is 1.50. The summed E-state index contributed by atoms with van der Waals surface area (Å²) in [7, 11) is 0. The highest BCUT2D eigenvalue weighted by molar-refractivity contribution is 7.22. The summed E-state index contributed by atoms with van der Waals surface area (Å²) in [6, 6.07) is 16.8. The van der Waals surface area contributed by atoms with Gasteiger partial charge >= 0.3 is 0 Å². The summed E-state index contributed by atoms with van der Waals surface area (Å²) < 4.78 is 8.68. The summed E-state index contributed by atoms with van der Waals surface area (Å²) in [5.41, 5.74) is 1.59. The predicted molar refractivity (Wildman–Crippen MR) is 119 cm³/mol. The first-order valence-corrected chi connectivity index (χ1v) is 10.9. The lowest BCUT2D eigenvalue weighted by molar-refractivity contribution is -0.119. The third-order valence-electron chi connectivity index (χ3n) is 5.42. The number of benzene rings is 2. The molecule has 30 heavy (non-hydrogen) atoms. The van der Waals surface area contributed by atoms with Gasteiger partial charge in [-0.15, -0.1) is 0 Å². The van der Waals surface area contributed by atoms with E-state index in [-0.39, 0.29) is 24.0 Å². The normalized spacial score (nSPS) is 16.3. The maximum Gasteiger partial charge on any atom is 0.248 e. The number of carbonyl (C=O) groups excluding carboxylic acids is 1. The van der Waals surface area contributed by atoms with Crippen LogP contribution in [0, 0.1) is 0 Å². The number of nitrogens with zero attached hydrogens (tertiary/aromatic N) is 3. The van der Waals surface area contributed by atoms with Gasteiger partial charge in [-0.25, -0.2) is 4.98 Å². The fourth-order valence-electron chi connectivity index (χ4n) is 3.88. The molecule has 0 aliphatic carbocycles. The number of pyridine rings is 1. The van der Waals surface area contributed by atoms with Crippen molar-refractivity contribution in [2.45, 2.75) is 25.5 Å². The van der Waals surface area contributed by atoms with Crippen LogP contribution in [0.1, 0.15) is 12.8 Å². The van der Waals surface area contributed by atoms with Crippen LogP contribution in [-0.2, 0) is 16.1 Å². The molecule has 1 fully saturated rings. The van der Waals surface area contributed by atoms with Gasteiger partial charge in [0.25, 0.3) is 0 Å². The number of thiazole rings is 1. The zero-order chi connectivity index (χ0) is 20.5. The number of aromatic nitrogens is 2. The first-order valence-electron chi connectivity index (χ1n) is 10.0. The Morgan fingerprint density at radius 1 is 1.17 bits per heavy atom. The third-order valence-corrected chi connectivity index (χ3v) is 6.47. The van der Waals surface area contributed by atoms with Gasteiger partial charge < -0.3 is 9.30 Å². The Hall–Kier alpha value is -3.03. The van der Waals surface area contributed by atoms with Crippen molar-refractivity contribution < 1.29 is 9.53 Å². The summed E-state index contributed by atoms with van der Waals surface area (Å²) in [4.78, 5) is 32.1.